The van der Waals surface area contributed by atoms with Gasteiger partial charge in [-0.15, -0.1) is 0 Å². The van der Waals surface area contributed by atoms with Crippen LogP contribution in [0.5, 0.6) is 5.75 Å². The van der Waals surface area contributed by atoms with E-state index in [2.05, 4.69) is 5.16 Å². The van der Waals surface area contributed by atoms with Crippen LogP contribution in [0.15, 0.2) is 28.8 Å². The fourth-order valence-corrected chi connectivity index (χ4v) is 4.86. The van der Waals surface area contributed by atoms with Crippen LogP contribution in [0.3, 0.4) is 0 Å². The van der Waals surface area contributed by atoms with Crippen LogP contribution in [0.4, 0.5) is 0 Å². The third kappa shape index (κ3) is 5.50. The normalized spacial score (nSPS) is 21.2. The molecule has 1 aromatic heterocycles. The number of aromatic nitrogens is 1. The fourth-order valence-electron chi connectivity index (χ4n) is 4.68. The van der Waals surface area contributed by atoms with Gasteiger partial charge in [-0.2, -0.15) is 0 Å². The van der Waals surface area contributed by atoms with Crippen molar-refractivity contribution in [3.63, 3.8) is 0 Å². The second-order valence-electron chi connectivity index (χ2n) is 8.95. The molecule has 2 aromatic rings. The van der Waals surface area contributed by atoms with Crippen molar-refractivity contribution in [1.29, 1.82) is 0 Å². The minimum atomic E-state index is -0.509. The summed E-state index contributed by atoms with van der Waals surface area (Å²) in [7, 11) is 0. The van der Waals surface area contributed by atoms with Crippen molar-refractivity contribution in [2.45, 2.75) is 33.1 Å². The predicted octanol–water partition coefficient (Wildman–Crippen LogP) is 3.50. The Hall–Kier alpha value is -2.58. The van der Waals surface area contributed by atoms with Crippen LogP contribution in [0.1, 0.15) is 41.1 Å². The molecule has 0 bridgehead atoms. The second kappa shape index (κ2) is 10.1. The van der Waals surface area contributed by atoms with Crippen LogP contribution in [-0.4, -0.2) is 72.8 Å². The maximum absolute atomic E-state index is 13.4. The van der Waals surface area contributed by atoms with Gasteiger partial charge in [-0.25, -0.2) is 0 Å². The largest absolute Gasteiger partial charge is 0.493 e. The molecule has 4 rings (SSSR count). The molecule has 2 fully saturated rings. The highest BCUT2D eigenvalue weighted by atomic mass is 35.5. The number of carbonyl (C=O) groups is 2. The third-order valence-corrected chi connectivity index (χ3v) is 6.66. The van der Waals surface area contributed by atoms with Crippen molar-refractivity contribution >= 4 is 23.4 Å². The molecule has 8 nitrogen and oxygen atoms in total. The van der Waals surface area contributed by atoms with E-state index in [9.17, 15) is 9.59 Å². The third-order valence-electron chi connectivity index (χ3n) is 6.43. The average Bonchev–Trinajstić information content (AvgIpc) is 3.16. The number of halogens is 1. The van der Waals surface area contributed by atoms with E-state index in [0.29, 0.717) is 80.2 Å². The zero-order valence-corrected chi connectivity index (χ0v) is 19.9. The summed E-state index contributed by atoms with van der Waals surface area (Å²) < 4.78 is 16.7. The van der Waals surface area contributed by atoms with Crippen molar-refractivity contribution < 1.29 is 23.6 Å². The van der Waals surface area contributed by atoms with E-state index in [1.807, 2.05) is 21.9 Å². The Kier molecular flexibility index (Phi) is 7.24. The lowest BCUT2D eigenvalue weighted by molar-refractivity contribution is -0.139. The zero-order valence-electron chi connectivity index (χ0n) is 19.1. The number of benzene rings is 1. The topological polar surface area (TPSA) is 85.1 Å². The van der Waals surface area contributed by atoms with Gasteiger partial charge in [-0.05, 0) is 44.9 Å². The molecular weight excluding hydrogens is 446 g/mol. The second-order valence-corrected chi connectivity index (χ2v) is 9.38. The van der Waals surface area contributed by atoms with Crippen molar-refractivity contribution in [2.75, 3.05) is 46.0 Å². The van der Waals surface area contributed by atoms with Crippen LogP contribution in [0.2, 0.25) is 5.02 Å². The molecule has 178 valence electrons. The molecule has 2 saturated heterocycles. The predicted molar refractivity (Wildman–Crippen MR) is 123 cm³/mol. The van der Waals surface area contributed by atoms with Crippen molar-refractivity contribution in [3.05, 3.63) is 46.3 Å². The van der Waals surface area contributed by atoms with Gasteiger partial charge in [-0.1, -0.05) is 22.8 Å². The number of amides is 2. The van der Waals surface area contributed by atoms with Gasteiger partial charge in [0.2, 0.25) is 5.91 Å². The Balaban J connectivity index is 1.55. The standard InChI is InChI=1S/C24H30ClN3O5/c1-17-22(18(2)33-26-17)23(30)28-8-4-7-24(15-28,14-21(29)27-9-11-31-12-10-27)16-32-20-6-3-5-19(25)13-20/h3,5-6,13H,4,7-12,14-16H2,1-2H3/t24-/m1/s1. The molecule has 0 N–H and O–H groups in total. The lowest BCUT2D eigenvalue weighted by Gasteiger charge is -2.43. The number of piperidine rings is 1. The average molecular weight is 476 g/mol. The van der Waals surface area contributed by atoms with E-state index in [1.54, 1.807) is 26.0 Å². The molecule has 33 heavy (non-hydrogen) atoms. The molecule has 2 aliphatic rings. The zero-order chi connectivity index (χ0) is 23.4. The number of rotatable bonds is 6. The summed E-state index contributed by atoms with van der Waals surface area (Å²) in [4.78, 5) is 30.2. The van der Waals surface area contributed by atoms with Gasteiger partial charge in [0.15, 0.2) is 0 Å². The summed E-state index contributed by atoms with van der Waals surface area (Å²) in [6.07, 6.45) is 1.87. The number of hydrogen-bond donors (Lipinski definition) is 0. The molecule has 0 spiro atoms. The van der Waals surface area contributed by atoms with Gasteiger partial charge in [0.25, 0.3) is 5.91 Å². The Labute approximate surface area is 198 Å². The smallest absolute Gasteiger partial charge is 0.259 e. The fraction of sp³-hybridized carbons (Fsp3) is 0.542. The summed E-state index contributed by atoms with van der Waals surface area (Å²) in [5.41, 5.74) is 0.569. The van der Waals surface area contributed by atoms with E-state index in [0.717, 1.165) is 12.8 Å². The number of aryl methyl sites for hydroxylation is 2. The minimum absolute atomic E-state index is 0.0691. The van der Waals surface area contributed by atoms with Gasteiger partial charge in [0.1, 0.15) is 17.1 Å². The minimum Gasteiger partial charge on any atom is -0.493 e. The van der Waals surface area contributed by atoms with Crippen LogP contribution in [0, 0.1) is 19.3 Å². The molecule has 0 aliphatic carbocycles. The highest BCUT2D eigenvalue weighted by Crippen LogP contribution is 2.36. The maximum atomic E-state index is 13.4. The first kappa shape index (κ1) is 23.6. The van der Waals surface area contributed by atoms with Gasteiger partial charge in [-0.3, -0.25) is 9.59 Å². The van der Waals surface area contributed by atoms with E-state index in [1.165, 1.54) is 0 Å². The SMILES string of the molecule is Cc1noc(C)c1C(=O)N1CCC[C@@](COc2cccc(Cl)c2)(CC(=O)N2CCOCC2)C1. The van der Waals surface area contributed by atoms with Crippen LogP contribution in [0.25, 0.3) is 0 Å². The number of nitrogens with zero attached hydrogens (tertiary/aromatic N) is 3. The van der Waals surface area contributed by atoms with Gasteiger partial charge >= 0.3 is 0 Å². The molecular formula is C24H30ClN3O5. The molecule has 3 heterocycles. The summed E-state index contributed by atoms with van der Waals surface area (Å²) in [6, 6.07) is 7.22. The number of likely N-dealkylation sites (tertiary alicyclic amines) is 1. The molecule has 1 aromatic carbocycles. The molecule has 1 atom stereocenters. The van der Waals surface area contributed by atoms with E-state index < -0.39 is 5.41 Å². The first-order valence-electron chi connectivity index (χ1n) is 11.3. The molecule has 2 amide bonds. The summed E-state index contributed by atoms with van der Waals surface area (Å²) in [5, 5.41) is 4.52. The number of ether oxygens (including phenoxy) is 2. The summed E-state index contributed by atoms with van der Waals surface area (Å²) in [6.45, 7) is 7.15. The van der Waals surface area contributed by atoms with Gasteiger partial charge in [0, 0.05) is 43.0 Å². The van der Waals surface area contributed by atoms with E-state index in [-0.39, 0.29) is 11.8 Å². The number of hydrogen-bond acceptors (Lipinski definition) is 6. The Morgan fingerprint density at radius 3 is 2.67 bits per heavy atom. The summed E-state index contributed by atoms with van der Waals surface area (Å²) >= 11 is 6.12. The molecule has 0 unspecified atom stereocenters. The Morgan fingerprint density at radius 2 is 1.97 bits per heavy atom. The molecule has 0 radical (unpaired) electrons. The number of carbonyl (C=O) groups excluding carboxylic acids is 2. The Bertz CT molecular complexity index is 984. The Morgan fingerprint density at radius 1 is 1.18 bits per heavy atom. The first-order chi connectivity index (χ1) is 15.9. The number of morpholine rings is 1. The van der Waals surface area contributed by atoms with Gasteiger partial charge < -0.3 is 23.8 Å². The monoisotopic (exact) mass is 475 g/mol. The summed E-state index contributed by atoms with van der Waals surface area (Å²) in [5.74, 6) is 1.11. The lowest BCUT2D eigenvalue weighted by atomic mass is 9.77. The quantitative estimate of drug-likeness (QED) is 0.635. The van der Waals surface area contributed by atoms with Gasteiger partial charge in [0.05, 0.1) is 25.5 Å². The molecule has 9 heteroatoms. The van der Waals surface area contributed by atoms with Crippen molar-refractivity contribution in [2.24, 2.45) is 5.41 Å². The highest BCUT2D eigenvalue weighted by molar-refractivity contribution is 6.30. The van der Waals surface area contributed by atoms with Crippen molar-refractivity contribution in [3.8, 4) is 5.75 Å². The molecule has 2 aliphatic heterocycles. The van der Waals surface area contributed by atoms with Crippen molar-refractivity contribution in [1.82, 2.24) is 15.0 Å². The van der Waals surface area contributed by atoms with E-state index in [4.69, 9.17) is 25.6 Å². The maximum Gasteiger partial charge on any atom is 0.259 e. The van der Waals surface area contributed by atoms with Crippen LogP contribution in [-0.2, 0) is 9.53 Å². The lowest BCUT2D eigenvalue weighted by Crippen LogP contribution is -2.52. The van der Waals surface area contributed by atoms with E-state index >= 15 is 0 Å². The highest BCUT2D eigenvalue weighted by Gasteiger charge is 2.42. The van der Waals surface area contributed by atoms with Crippen LogP contribution >= 0.6 is 11.6 Å². The van der Waals surface area contributed by atoms with Crippen LogP contribution < -0.4 is 4.74 Å². The molecule has 0 saturated carbocycles. The first-order valence-corrected chi connectivity index (χ1v) is 11.7.